The van der Waals surface area contributed by atoms with Crippen LogP contribution in [0.15, 0.2) is 23.8 Å². The molecule has 0 aromatic rings. The smallest absolute Gasteiger partial charge is 0.334 e. The lowest BCUT2D eigenvalue weighted by atomic mass is 10.0. The third kappa shape index (κ3) is 16.0. The Hall–Kier alpha value is -1.25. The van der Waals surface area contributed by atoms with E-state index in [4.69, 9.17) is 9.47 Å². The van der Waals surface area contributed by atoms with E-state index in [1.807, 2.05) is 25.2 Å². The molecular formula is C35H62O7. The van der Waals surface area contributed by atoms with Crippen molar-refractivity contribution in [1.82, 2.24) is 0 Å². The molecule has 2 aliphatic rings. The maximum absolute atomic E-state index is 11.6. The van der Waals surface area contributed by atoms with E-state index >= 15 is 0 Å². The van der Waals surface area contributed by atoms with E-state index in [0.717, 1.165) is 57.8 Å². The molecule has 2 rings (SSSR count). The van der Waals surface area contributed by atoms with Crippen LogP contribution in [0.1, 0.15) is 149 Å². The lowest BCUT2D eigenvalue weighted by Crippen LogP contribution is -2.26. The number of hydrogen-bond acceptors (Lipinski definition) is 7. The first-order valence-electron chi connectivity index (χ1n) is 17.2. The molecule has 0 aromatic carbocycles. The summed E-state index contributed by atoms with van der Waals surface area (Å²) in [6, 6.07) is 0. The number of carbonyl (C=O) groups excluding carboxylic acids is 1. The van der Waals surface area contributed by atoms with Crippen molar-refractivity contribution in [3.63, 3.8) is 0 Å². The molecule has 2 unspecified atom stereocenters. The van der Waals surface area contributed by atoms with Crippen molar-refractivity contribution in [3.8, 4) is 0 Å². The third-order valence-electron chi connectivity index (χ3n) is 8.80. The molecule has 2 aliphatic heterocycles. The van der Waals surface area contributed by atoms with Gasteiger partial charge in [-0.3, -0.25) is 0 Å². The minimum Gasteiger partial charge on any atom is -0.455 e. The molecule has 0 amide bonds. The van der Waals surface area contributed by atoms with Crippen LogP contribution in [0.5, 0.6) is 0 Å². The molecule has 42 heavy (non-hydrogen) atoms. The van der Waals surface area contributed by atoms with Gasteiger partial charge in [0.1, 0.15) is 6.10 Å². The van der Waals surface area contributed by atoms with Crippen molar-refractivity contribution in [2.45, 2.75) is 191 Å². The molecule has 7 heteroatoms. The molecule has 0 spiro atoms. The molecule has 1 fully saturated rings. The summed E-state index contributed by atoms with van der Waals surface area (Å²) in [7, 11) is 0. The van der Waals surface area contributed by atoms with Gasteiger partial charge in [0.05, 0.1) is 36.6 Å². The summed E-state index contributed by atoms with van der Waals surface area (Å²) in [6.07, 6.45) is 24.4. The average Bonchev–Trinajstić information content (AvgIpc) is 3.57. The van der Waals surface area contributed by atoms with Gasteiger partial charge in [0.2, 0.25) is 0 Å². The Balaban J connectivity index is 1.36. The predicted octanol–water partition coefficient (Wildman–Crippen LogP) is 6.84. The van der Waals surface area contributed by atoms with Gasteiger partial charge in [-0.05, 0) is 64.4 Å². The Kier molecular flexibility index (Phi) is 19.6. The number of cyclic esters (lactones) is 1. The van der Waals surface area contributed by atoms with Crippen molar-refractivity contribution in [2.24, 2.45) is 0 Å². The van der Waals surface area contributed by atoms with Gasteiger partial charge < -0.3 is 29.9 Å². The van der Waals surface area contributed by atoms with Crippen LogP contribution in [0, 0.1) is 0 Å². The quantitative estimate of drug-likeness (QED) is 0.0520. The van der Waals surface area contributed by atoms with Crippen LogP contribution in [-0.4, -0.2) is 69.1 Å². The molecule has 244 valence electrons. The first-order chi connectivity index (χ1) is 20.3. The zero-order valence-electron chi connectivity index (χ0n) is 26.6. The Labute approximate surface area is 255 Å². The predicted molar refractivity (Wildman–Crippen MR) is 168 cm³/mol. The molecule has 0 radical (unpaired) electrons. The number of rotatable bonds is 25. The van der Waals surface area contributed by atoms with Crippen LogP contribution in [0.2, 0.25) is 0 Å². The fourth-order valence-electron chi connectivity index (χ4n) is 6.10. The maximum Gasteiger partial charge on any atom is 0.334 e. The first-order valence-corrected chi connectivity index (χ1v) is 17.2. The lowest BCUT2D eigenvalue weighted by molar-refractivity contribution is -0.139. The van der Waals surface area contributed by atoms with Crippen molar-refractivity contribution in [1.29, 1.82) is 0 Å². The van der Waals surface area contributed by atoms with Crippen molar-refractivity contribution >= 4 is 5.97 Å². The number of carbonyl (C=O) groups is 1. The van der Waals surface area contributed by atoms with Crippen molar-refractivity contribution in [2.75, 3.05) is 0 Å². The van der Waals surface area contributed by atoms with E-state index in [2.05, 4.69) is 6.92 Å². The van der Waals surface area contributed by atoms with E-state index in [9.17, 15) is 25.2 Å². The summed E-state index contributed by atoms with van der Waals surface area (Å²) in [6.45, 7) is 3.91. The molecule has 4 N–H and O–H groups in total. The summed E-state index contributed by atoms with van der Waals surface area (Å²) in [4.78, 5) is 11.6. The number of hydrogen-bond donors (Lipinski definition) is 4. The fraction of sp³-hybridized carbons (Fsp3) is 0.857. The fourth-order valence-corrected chi connectivity index (χ4v) is 6.10. The van der Waals surface area contributed by atoms with E-state index in [1.54, 1.807) is 0 Å². The molecule has 2 heterocycles. The van der Waals surface area contributed by atoms with Gasteiger partial charge in [0, 0.05) is 12.0 Å². The Morgan fingerprint density at radius 1 is 0.833 bits per heavy atom. The molecule has 0 aromatic heterocycles. The molecule has 0 aliphatic carbocycles. The van der Waals surface area contributed by atoms with E-state index in [1.165, 1.54) is 51.4 Å². The number of unbranched alkanes of at least 4 members (excludes halogenated alkanes) is 10. The van der Waals surface area contributed by atoms with Crippen LogP contribution in [0.4, 0.5) is 0 Å². The lowest BCUT2D eigenvalue weighted by Gasteiger charge is -2.19. The number of allylic oxidation sites excluding steroid dienone is 1. The molecule has 1 saturated heterocycles. The highest BCUT2D eigenvalue weighted by Crippen LogP contribution is 2.28. The van der Waals surface area contributed by atoms with Crippen LogP contribution in [0.25, 0.3) is 0 Å². The van der Waals surface area contributed by atoms with Gasteiger partial charge in [-0.15, -0.1) is 0 Å². The highest BCUT2D eigenvalue weighted by molar-refractivity contribution is 5.90. The number of esters is 1. The topological polar surface area (TPSA) is 116 Å². The molecule has 7 nitrogen and oxygen atoms in total. The minimum atomic E-state index is -0.709. The first kappa shape index (κ1) is 36.9. The van der Waals surface area contributed by atoms with Crippen LogP contribution in [0.3, 0.4) is 0 Å². The SMILES string of the molecule is CCCCC(O)C(O)C/C=C\CC[C@H](O)[C@@H]1CC[C@@H](CCCCCCCCCCCC[C@H](O)CC2=C[C@H](C)OC2=O)O1. The highest BCUT2D eigenvalue weighted by atomic mass is 16.5. The summed E-state index contributed by atoms with van der Waals surface area (Å²) < 4.78 is 11.2. The third-order valence-corrected chi connectivity index (χ3v) is 8.80. The summed E-state index contributed by atoms with van der Waals surface area (Å²) in [5.74, 6) is -0.275. The largest absolute Gasteiger partial charge is 0.455 e. The zero-order valence-corrected chi connectivity index (χ0v) is 26.6. The monoisotopic (exact) mass is 594 g/mol. The van der Waals surface area contributed by atoms with Crippen molar-refractivity contribution < 1.29 is 34.7 Å². The van der Waals surface area contributed by atoms with Gasteiger partial charge in [0.15, 0.2) is 0 Å². The van der Waals surface area contributed by atoms with Gasteiger partial charge >= 0.3 is 5.97 Å². The Morgan fingerprint density at radius 2 is 1.50 bits per heavy atom. The van der Waals surface area contributed by atoms with E-state index < -0.39 is 24.4 Å². The number of ether oxygens (including phenoxy) is 2. The Bertz CT molecular complexity index is 766. The van der Waals surface area contributed by atoms with Gasteiger partial charge in [-0.1, -0.05) is 96.1 Å². The number of aliphatic hydroxyl groups is 4. The molecule has 0 bridgehead atoms. The normalized spacial score (nSPS) is 23.7. The zero-order chi connectivity index (χ0) is 30.6. The summed E-state index contributed by atoms with van der Waals surface area (Å²) in [5, 5.41) is 40.6. The maximum atomic E-state index is 11.6. The average molecular weight is 595 g/mol. The second-order valence-corrected chi connectivity index (χ2v) is 12.8. The van der Waals surface area contributed by atoms with Gasteiger partial charge in [0.25, 0.3) is 0 Å². The molecule has 7 atom stereocenters. The van der Waals surface area contributed by atoms with Crippen LogP contribution in [-0.2, 0) is 14.3 Å². The van der Waals surface area contributed by atoms with Crippen LogP contribution >= 0.6 is 0 Å². The van der Waals surface area contributed by atoms with E-state index in [0.29, 0.717) is 31.3 Å². The standard InChI is InChI=1S/C35H62O7/c1-3-4-20-31(37)32(38)21-16-13-17-22-33(39)34-24-23-30(42-34)19-15-12-10-8-6-5-7-9-11-14-18-29(36)26-28-25-27(2)41-35(28)40/h13,16,25,27,29-34,36-39H,3-12,14-15,17-24,26H2,1-2H3/b16-13-/t27-,29-,30+,31?,32?,33-,34-/m0/s1. The second-order valence-electron chi connectivity index (χ2n) is 12.8. The minimum absolute atomic E-state index is 0.0552. The second kappa shape index (κ2) is 22.3. The van der Waals surface area contributed by atoms with E-state index in [-0.39, 0.29) is 24.3 Å². The Morgan fingerprint density at radius 3 is 2.14 bits per heavy atom. The summed E-state index contributed by atoms with van der Waals surface area (Å²) >= 11 is 0. The molecule has 0 saturated carbocycles. The van der Waals surface area contributed by atoms with Crippen LogP contribution < -0.4 is 0 Å². The number of aliphatic hydroxyl groups excluding tert-OH is 4. The molecular weight excluding hydrogens is 532 g/mol. The van der Waals surface area contributed by atoms with Gasteiger partial charge in [-0.25, -0.2) is 4.79 Å². The van der Waals surface area contributed by atoms with Crippen molar-refractivity contribution in [3.05, 3.63) is 23.8 Å². The summed E-state index contributed by atoms with van der Waals surface area (Å²) in [5.41, 5.74) is 0.624. The highest BCUT2D eigenvalue weighted by Gasteiger charge is 2.30. The van der Waals surface area contributed by atoms with Gasteiger partial charge in [-0.2, -0.15) is 0 Å².